The van der Waals surface area contributed by atoms with Gasteiger partial charge in [0.25, 0.3) is 0 Å². The summed E-state index contributed by atoms with van der Waals surface area (Å²) in [6.07, 6.45) is -0.997. The highest BCUT2D eigenvalue weighted by Crippen LogP contribution is 2.34. The van der Waals surface area contributed by atoms with Crippen molar-refractivity contribution in [3.8, 4) is 11.3 Å². The molecule has 0 spiro atoms. The molecule has 1 aliphatic heterocycles. The van der Waals surface area contributed by atoms with Crippen LogP contribution >= 0.6 is 11.6 Å². The second-order valence-electron chi connectivity index (χ2n) is 8.52. The van der Waals surface area contributed by atoms with Crippen molar-refractivity contribution < 1.29 is 23.0 Å². The van der Waals surface area contributed by atoms with E-state index in [1.54, 1.807) is 48.8 Å². The van der Waals surface area contributed by atoms with Crippen molar-refractivity contribution in [2.45, 2.75) is 38.3 Å². The monoisotopic (exact) mass is 517 g/mol. The Hall–Kier alpha value is -3.77. The summed E-state index contributed by atoms with van der Waals surface area (Å²) < 4.78 is 41.0. The van der Waals surface area contributed by atoms with Gasteiger partial charge in [0.1, 0.15) is 17.6 Å². The third-order valence-corrected chi connectivity index (χ3v) is 5.79. The fourth-order valence-electron chi connectivity index (χ4n) is 3.82. The van der Waals surface area contributed by atoms with Crippen LogP contribution in [0.1, 0.15) is 25.6 Å². The highest BCUT2D eigenvalue weighted by molar-refractivity contribution is 6.31. The molecule has 36 heavy (non-hydrogen) atoms. The van der Waals surface area contributed by atoms with E-state index < -0.39 is 30.3 Å². The fourth-order valence-corrected chi connectivity index (χ4v) is 4.00. The van der Waals surface area contributed by atoms with Crippen LogP contribution < -0.4 is 10.6 Å². The van der Waals surface area contributed by atoms with Gasteiger partial charge < -0.3 is 20.1 Å². The summed E-state index contributed by atoms with van der Waals surface area (Å²) in [5.74, 6) is 0.187. The van der Waals surface area contributed by atoms with Crippen molar-refractivity contribution in [1.29, 1.82) is 0 Å². The van der Waals surface area contributed by atoms with E-state index in [9.17, 15) is 13.6 Å². The van der Waals surface area contributed by atoms with Crippen LogP contribution in [0.3, 0.4) is 0 Å². The zero-order chi connectivity index (χ0) is 25.4. The van der Waals surface area contributed by atoms with Crippen molar-refractivity contribution in [3.05, 3.63) is 59.3 Å². The number of rotatable bonds is 6. The molecule has 0 unspecified atom stereocenters. The number of halogens is 3. The number of carbonyl (C=O) groups is 1. The van der Waals surface area contributed by atoms with Crippen molar-refractivity contribution >= 4 is 35.1 Å². The Balaban J connectivity index is 1.35. The van der Waals surface area contributed by atoms with E-state index in [1.807, 2.05) is 0 Å². The number of imidazole rings is 1. The zero-order valence-electron chi connectivity index (χ0n) is 19.2. The van der Waals surface area contributed by atoms with Gasteiger partial charge in [0, 0.05) is 36.1 Å². The van der Waals surface area contributed by atoms with Crippen LogP contribution in [0.4, 0.5) is 25.3 Å². The highest BCUT2D eigenvalue weighted by Gasteiger charge is 2.42. The molecular weight excluding hydrogens is 496 g/mol. The van der Waals surface area contributed by atoms with E-state index in [4.69, 9.17) is 21.1 Å². The largest absolute Gasteiger partial charge is 0.441 e. The summed E-state index contributed by atoms with van der Waals surface area (Å²) in [6, 6.07) is 7.50. The van der Waals surface area contributed by atoms with Gasteiger partial charge in [0.15, 0.2) is 18.1 Å². The van der Waals surface area contributed by atoms with Gasteiger partial charge >= 0.3 is 6.09 Å². The molecule has 13 heteroatoms. The second-order valence-corrected chi connectivity index (χ2v) is 8.93. The van der Waals surface area contributed by atoms with E-state index in [0.717, 1.165) is 0 Å². The Morgan fingerprint density at radius 3 is 2.94 bits per heavy atom. The lowest BCUT2D eigenvalue weighted by Crippen LogP contribution is -2.36. The average Bonchev–Trinajstić information content (AvgIpc) is 3.56. The first-order chi connectivity index (χ1) is 17.3. The number of aromatic nitrogens is 5. The van der Waals surface area contributed by atoms with Gasteiger partial charge in [-0.25, -0.2) is 23.5 Å². The third kappa shape index (κ3) is 4.82. The summed E-state index contributed by atoms with van der Waals surface area (Å²) >= 11 is 5.94. The molecule has 3 N–H and O–H groups in total. The van der Waals surface area contributed by atoms with Crippen LogP contribution in [0.2, 0.25) is 5.02 Å². The molecule has 1 fully saturated rings. The molecule has 1 aliphatic rings. The number of hydrogen-bond donors (Lipinski definition) is 3. The topological polar surface area (TPSA) is 118 Å². The molecule has 3 aromatic heterocycles. The molecular formula is C23H22ClF2N7O3. The number of H-pyrrole nitrogens is 1. The predicted molar refractivity (Wildman–Crippen MR) is 127 cm³/mol. The first-order valence-corrected chi connectivity index (χ1v) is 11.5. The number of alkyl halides is 1. The number of hydrogen-bond acceptors (Lipinski definition) is 7. The molecule has 4 heterocycles. The summed E-state index contributed by atoms with van der Waals surface area (Å²) in [5, 5.41) is 12.6. The number of nitrogens with zero attached hydrogens (tertiary/aromatic N) is 4. The lowest BCUT2D eigenvalue weighted by atomic mass is 10.1. The van der Waals surface area contributed by atoms with E-state index >= 15 is 0 Å². The molecule has 10 nitrogen and oxygen atoms in total. The maximum atomic E-state index is 15.0. The average molecular weight is 518 g/mol. The number of alkyl carbamates (subject to hydrolysis) is 1. The van der Waals surface area contributed by atoms with Crippen molar-refractivity contribution in [1.82, 2.24) is 29.9 Å². The number of amides is 1. The number of ether oxygens (including phenoxy) is 2. The standard InChI is InChI=1S/C23H22ClF2N7O3/c1-11(2)28-23(34)36-17-10-35-21(20(17)26)16-8-18(32-31-16)30-22-29-15(9-19-27-5-6-33(19)22)12-3-4-14(25)13(24)7-12/h3-9,11,17,20-21H,10H2,1-2H3,(H,28,34)(H2,29,30,31,32)/t17-,20+,21-/m0/s1. The number of fused-ring (bicyclic) bond motifs is 1. The number of benzene rings is 1. The van der Waals surface area contributed by atoms with Crippen molar-refractivity contribution in [2.75, 3.05) is 11.9 Å². The number of nitrogens with one attached hydrogen (secondary N) is 3. The van der Waals surface area contributed by atoms with E-state index in [-0.39, 0.29) is 17.7 Å². The third-order valence-electron chi connectivity index (χ3n) is 5.50. The first kappa shape index (κ1) is 23.9. The summed E-state index contributed by atoms with van der Waals surface area (Å²) in [5.41, 5.74) is 2.06. The summed E-state index contributed by atoms with van der Waals surface area (Å²) in [7, 11) is 0. The molecule has 0 bridgehead atoms. The highest BCUT2D eigenvalue weighted by atomic mass is 35.5. The van der Waals surface area contributed by atoms with Gasteiger partial charge in [-0.2, -0.15) is 5.10 Å². The van der Waals surface area contributed by atoms with Crippen LogP contribution in [-0.2, 0) is 9.47 Å². The normalized spacial score (nSPS) is 19.7. The Bertz CT molecular complexity index is 1410. The van der Waals surface area contributed by atoms with Crippen molar-refractivity contribution in [2.24, 2.45) is 0 Å². The molecule has 1 aromatic carbocycles. The fraction of sp³-hybridized carbons (Fsp3) is 0.304. The minimum Gasteiger partial charge on any atom is -0.441 e. The lowest BCUT2D eigenvalue weighted by Gasteiger charge is -2.16. The Morgan fingerprint density at radius 2 is 2.17 bits per heavy atom. The zero-order valence-corrected chi connectivity index (χ0v) is 20.0. The molecule has 188 valence electrons. The minimum absolute atomic E-state index is 0.0229. The smallest absolute Gasteiger partial charge is 0.407 e. The number of carbonyl (C=O) groups excluding carboxylic acids is 1. The van der Waals surface area contributed by atoms with Crippen LogP contribution in [0.25, 0.3) is 16.9 Å². The van der Waals surface area contributed by atoms with E-state index in [1.165, 1.54) is 12.1 Å². The lowest BCUT2D eigenvalue weighted by molar-refractivity contribution is 0.0615. The van der Waals surface area contributed by atoms with Crippen LogP contribution in [0.5, 0.6) is 0 Å². The van der Waals surface area contributed by atoms with Gasteiger partial charge in [-0.15, -0.1) is 0 Å². The van der Waals surface area contributed by atoms with Crippen molar-refractivity contribution in [3.63, 3.8) is 0 Å². The van der Waals surface area contributed by atoms with Gasteiger partial charge in [0.05, 0.1) is 23.0 Å². The molecule has 1 saturated heterocycles. The van der Waals surface area contributed by atoms with E-state index in [0.29, 0.717) is 34.4 Å². The number of aromatic amines is 1. The van der Waals surface area contributed by atoms with Crippen LogP contribution in [0, 0.1) is 5.82 Å². The van der Waals surface area contributed by atoms with Crippen LogP contribution in [0.15, 0.2) is 42.7 Å². The van der Waals surface area contributed by atoms with E-state index in [2.05, 4.69) is 30.8 Å². The molecule has 0 aliphatic carbocycles. The molecule has 1 amide bonds. The van der Waals surface area contributed by atoms with Gasteiger partial charge in [-0.3, -0.25) is 9.50 Å². The quantitative estimate of drug-likeness (QED) is 0.343. The predicted octanol–water partition coefficient (Wildman–Crippen LogP) is 4.57. The van der Waals surface area contributed by atoms with Gasteiger partial charge in [0.2, 0.25) is 5.95 Å². The van der Waals surface area contributed by atoms with Gasteiger partial charge in [-0.1, -0.05) is 11.6 Å². The Kier molecular flexibility index (Phi) is 6.46. The maximum Gasteiger partial charge on any atom is 0.407 e. The second kappa shape index (κ2) is 9.70. The molecule has 4 aromatic rings. The number of anilines is 2. The van der Waals surface area contributed by atoms with Crippen LogP contribution in [-0.4, -0.2) is 55.6 Å². The first-order valence-electron chi connectivity index (χ1n) is 11.1. The Morgan fingerprint density at radius 1 is 1.33 bits per heavy atom. The SMILES string of the molecule is CC(C)NC(=O)O[C@H]1CO[C@@H](c2cc(Nc3nc(-c4ccc(F)c(Cl)c4)cc4nccn34)n[nH]2)[C@@H]1F. The molecule has 3 atom stereocenters. The molecule has 5 rings (SSSR count). The summed E-state index contributed by atoms with van der Waals surface area (Å²) in [4.78, 5) is 20.7. The minimum atomic E-state index is -1.58. The molecule has 0 radical (unpaired) electrons. The Labute approximate surface area is 209 Å². The summed E-state index contributed by atoms with van der Waals surface area (Å²) in [6.45, 7) is 3.47. The molecule has 0 saturated carbocycles. The van der Waals surface area contributed by atoms with Gasteiger partial charge in [-0.05, 0) is 32.0 Å². The maximum absolute atomic E-state index is 15.0.